The highest BCUT2D eigenvalue weighted by molar-refractivity contribution is 5.97. The Kier molecular flexibility index (Phi) is 5.84. The third-order valence-corrected chi connectivity index (χ3v) is 7.11. The third-order valence-electron chi connectivity index (χ3n) is 7.11. The van der Waals surface area contributed by atoms with Gasteiger partial charge in [-0.15, -0.1) is 0 Å². The van der Waals surface area contributed by atoms with Gasteiger partial charge in [0, 0.05) is 30.6 Å². The molecule has 3 heterocycles. The van der Waals surface area contributed by atoms with Gasteiger partial charge in [0.15, 0.2) is 5.65 Å². The molecule has 2 unspecified atom stereocenters. The van der Waals surface area contributed by atoms with Gasteiger partial charge >= 0.3 is 11.8 Å². The van der Waals surface area contributed by atoms with E-state index in [9.17, 15) is 14.7 Å². The number of aromatic nitrogens is 3. The number of likely N-dealkylation sites (tertiary alicyclic amines) is 1. The number of amides is 1. The van der Waals surface area contributed by atoms with Gasteiger partial charge < -0.3 is 15.3 Å². The lowest BCUT2D eigenvalue weighted by molar-refractivity contribution is 0.0481. The van der Waals surface area contributed by atoms with Crippen molar-refractivity contribution in [2.45, 2.75) is 52.2 Å². The maximum Gasteiger partial charge on any atom is 0.407 e. The van der Waals surface area contributed by atoms with Crippen LogP contribution in [0.15, 0.2) is 59.4 Å². The van der Waals surface area contributed by atoms with Crippen LogP contribution < -0.4 is 11.0 Å². The standard InChI is InChI=1S/C27H31N5O3/c1-27(2,3)23-14-19(12-13-31(23)26(34)35)28-16-17-8-10-18(11-9-17)21-15-24-29-30-25(33)32(24)22-7-5-4-6-20(21)22/h4-11,15,19,23,28H,12-14,16H2,1-3H3,(H,30,33)(H,34,35). The van der Waals surface area contributed by atoms with E-state index in [2.05, 4.69) is 60.6 Å². The van der Waals surface area contributed by atoms with Crippen molar-refractivity contribution in [3.05, 3.63) is 70.6 Å². The van der Waals surface area contributed by atoms with Crippen molar-refractivity contribution in [1.82, 2.24) is 24.8 Å². The van der Waals surface area contributed by atoms with E-state index in [1.807, 2.05) is 30.3 Å². The first-order valence-corrected chi connectivity index (χ1v) is 12.0. The fourth-order valence-corrected chi connectivity index (χ4v) is 5.25. The van der Waals surface area contributed by atoms with Gasteiger partial charge in [-0.3, -0.25) is 0 Å². The second-order valence-electron chi connectivity index (χ2n) is 10.5. The van der Waals surface area contributed by atoms with E-state index in [0.29, 0.717) is 12.2 Å². The summed E-state index contributed by atoms with van der Waals surface area (Å²) >= 11 is 0. The molecule has 1 aliphatic rings. The number of aromatic amines is 1. The number of pyridine rings is 1. The summed E-state index contributed by atoms with van der Waals surface area (Å²) in [6.45, 7) is 7.60. The van der Waals surface area contributed by atoms with Crippen LogP contribution in [0.5, 0.6) is 0 Å². The van der Waals surface area contributed by atoms with Crippen LogP contribution in [0.25, 0.3) is 27.7 Å². The summed E-state index contributed by atoms with van der Waals surface area (Å²) in [5.41, 5.74) is 4.33. The Balaban J connectivity index is 1.33. The van der Waals surface area contributed by atoms with Crippen molar-refractivity contribution in [1.29, 1.82) is 0 Å². The summed E-state index contributed by atoms with van der Waals surface area (Å²) in [7, 11) is 0. The molecule has 3 N–H and O–H groups in total. The van der Waals surface area contributed by atoms with Crippen molar-refractivity contribution in [2.24, 2.45) is 5.41 Å². The number of H-pyrrole nitrogens is 1. The van der Waals surface area contributed by atoms with E-state index in [4.69, 9.17) is 0 Å². The quantitative estimate of drug-likeness (QED) is 0.405. The smallest absolute Gasteiger partial charge is 0.407 e. The molecule has 8 nitrogen and oxygen atoms in total. The summed E-state index contributed by atoms with van der Waals surface area (Å²) in [5, 5.41) is 20.9. The van der Waals surface area contributed by atoms with Crippen LogP contribution in [0.1, 0.15) is 39.2 Å². The van der Waals surface area contributed by atoms with Gasteiger partial charge in [0.1, 0.15) is 0 Å². The molecule has 0 saturated carbocycles. The van der Waals surface area contributed by atoms with Crippen LogP contribution in [0.3, 0.4) is 0 Å². The molecule has 2 atom stereocenters. The second kappa shape index (κ2) is 8.85. The molecule has 1 saturated heterocycles. The van der Waals surface area contributed by atoms with Crippen LogP contribution in [0.2, 0.25) is 0 Å². The van der Waals surface area contributed by atoms with Crippen molar-refractivity contribution in [3.8, 4) is 11.1 Å². The molecule has 1 fully saturated rings. The Labute approximate surface area is 203 Å². The van der Waals surface area contributed by atoms with Gasteiger partial charge in [0.05, 0.1) is 5.52 Å². The van der Waals surface area contributed by atoms with Gasteiger partial charge in [-0.1, -0.05) is 63.2 Å². The summed E-state index contributed by atoms with van der Waals surface area (Å²) in [5.74, 6) is 0. The minimum atomic E-state index is -0.829. The fraction of sp³-hybridized carbons (Fsp3) is 0.370. The molecule has 1 aliphatic heterocycles. The number of nitrogens with one attached hydrogen (secondary N) is 2. The van der Waals surface area contributed by atoms with Gasteiger partial charge in [0.2, 0.25) is 0 Å². The Morgan fingerprint density at radius 3 is 2.63 bits per heavy atom. The van der Waals surface area contributed by atoms with Crippen molar-refractivity contribution in [2.75, 3.05) is 6.54 Å². The number of para-hydroxylation sites is 1. The average Bonchev–Trinajstić information content (AvgIpc) is 3.22. The van der Waals surface area contributed by atoms with Crippen LogP contribution >= 0.6 is 0 Å². The lowest BCUT2D eigenvalue weighted by atomic mass is 9.79. The number of benzene rings is 2. The maximum atomic E-state index is 12.2. The number of piperidine rings is 1. The predicted molar refractivity (Wildman–Crippen MR) is 137 cm³/mol. The highest BCUT2D eigenvalue weighted by Crippen LogP contribution is 2.33. The summed E-state index contributed by atoms with van der Waals surface area (Å²) in [6.07, 6.45) is 0.791. The second-order valence-corrected chi connectivity index (χ2v) is 10.5. The molecule has 182 valence electrons. The fourth-order valence-electron chi connectivity index (χ4n) is 5.25. The SMILES string of the molecule is CC(C)(C)C1CC(NCc2ccc(-c3cc4n[nH]c(=O)n4c4ccccc34)cc2)CCN1C(=O)O. The average molecular weight is 474 g/mol. The zero-order valence-corrected chi connectivity index (χ0v) is 20.3. The van der Waals surface area contributed by atoms with Crippen LogP contribution in [-0.2, 0) is 6.54 Å². The molecule has 0 bridgehead atoms. The molecule has 0 radical (unpaired) electrons. The van der Waals surface area contributed by atoms with Crippen LogP contribution in [0, 0.1) is 5.41 Å². The number of hydrogen-bond acceptors (Lipinski definition) is 4. The number of carbonyl (C=O) groups is 1. The molecule has 2 aromatic carbocycles. The Morgan fingerprint density at radius 1 is 1.17 bits per heavy atom. The molecule has 1 amide bonds. The Morgan fingerprint density at radius 2 is 1.91 bits per heavy atom. The third kappa shape index (κ3) is 4.41. The van der Waals surface area contributed by atoms with E-state index in [-0.39, 0.29) is 23.2 Å². The van der Waals surface area contributed by atoms with Crippen molar-refractivity contribution >= 4 is 22.6 Å². The first kappa shape index (κ1) is 23.1. The topological polar surface area (TPSA) is 103 Å². The highest BCUT2D eigenvalue weighted by Gasteiger charge is 2.38. The first-order valence-electron chi connectivity index (χ1n) is 12.0. The van der Waals surface area contributed by atoms with E-state index in [1.54, 1.807) is 9.30 Å². The van der Waals surface area contributed by atoms with Gasteiger partial charge in [-0.2, -0.15) is 5.10 Å². The van der Waals surface area contributed by atoms with Gasteiger partial charge in [-0.05, 0) is 47.1 Å². The van der Waals surface area contributed by atoms with E-state index < -0.39 is 6.09 Å². The van der Waals surface area contributed by atoms with E-state index in [1.165, 1.54) is 5.56 Å². The lowest BCUT2D eigenvalue weighted by Gasteiger charge is -2.44. The molecule has 8 heteroatoms. The van der Waals surface area contributed by atoms with Crippen LogP contribution in [-0.4, -0.2) is 49.3 Å². The lowest BCUT2D eigenvalue weighted by Crippen LogP contribution is -2.55. The molecule has 35 heavy (non-hydrogen) atoms. The molecule has 5 rings (SSSR count). The highest BCUT2D eigenvalue weighted by atomic mass is 16.4. The van der Waals surface area contributed by atoms with E-state index >= 15 is 0 Å². The Bertz CT molecular complexity index is 1430. The monoisotopic (exact) mass is 473 g/mol. The first-order chi connectivity index (χ1) is 16.7. The van der Waals surface area contributed by atoms with Crippen molar-refractivity contribution in [3.63, 3.8) is 0 Å². The molecule has 0 spiro atoms. The molecule has 2 aromatic heterocycles. The zero-order valence-electron chi connectivity index (χ0n) is 20.3. The number of hydrogen-bond donors (Lipinski definition) is 3. The van der Waals surface area contributed by atoms with Crippen LogP contribution in [0.4, 0.5) is 4.79 Å². The summed E-state index contributed by atoms with van der Waals surface area (Å²) in [6, 6.07) is 18.5. The summed E-state index contributed by atoms with van der Waals surface area (Å²) < 4.78 is 1.59. The number of nitrogens with zero attached hydrogens (tertiary/aromatic N) is 3. The number of carboxylic acid groups (broad SMARTS) is 1. The molecular formula is C27H31N5O3. The minimum absolute atomic E-state index is 0.00799. The molecular weight excluding hydrogens is 442 g/mol. The number of rotatable bonds is 4. The van der Waals surface area contributed by atoms with Crippen molar-refractivity contribution < 1.29 is 9.90 Å². The maximum absolute atomic E-state index is 12.2. The number of fused-ring (bicyclic) bond motifs is 3. The summed E-state index contributed by atoms with van der Waals surface area (Å²) in [4.78, 5) is 25.5. The Hall–Kier alpha value is -3.65. The largest absolute Gasteiger partial charge is 0.465 e. The van der Waals surface area contributed by atoms with E-state index in [0.717, 1.165) is 41.4 Å². The minimum Gasteiger partial charge on any atom is -0.465 e. The van der Waals surface area contributed by atoms with Gasteiger partial charge in [0.25, 0.3) is 0 Å². The zero-order chi connectivity index (χ0) is 24.7. The predicted octanol–water partition coefficient (Wildman–Crippen LogP) is 4.49. The normalized spacial score (nSPS) is 18.9. The van der Waals surface area contributed by atoms with Gasteiger partial charge in [-0.25, -0.2) is 19.1 Å². The molecule has 4 aromatic rings. The molecule has 0 aliphatic carbocycles.